The van der Waals surface area contributed by atoms with Crippen LogP contribution in [0.4, 0.5) is 4.79 Å². The van der Waals surface area contributed by atoms with Crippen molar-refractivity contribution in [1.29, 1.82) is 0 Å². The predicted octanol–water partition coefficient (Wildman–Crippen LogP) is 2.02. The molecule has 1 aliphatic rings. The smallest absolute Gasteiger partial charge is 0.315 e. The molecule has 1 fully saturated rings. The van der Waals surface area contributed by atoms with Gasteiger partial charge in [-0.3, -0.25) is 4.79 Å². The van der Waals surface area contributed by atoms with Crippen LogP contribution in [0.3, 0.4) is 0 Å². The minimum Gasteiger partial charge on any atom is -0.338 e. The molecule has 1 aromatic carbocycles. The molecule has 5 nitrogen and oxygen atoms in total. The summed E-state index contributed by atoms with van der Waals surface area (Å²) >= 11 is 0. The lowest BCUT2D eigenvalue weighted by Crippen LogP contribution is -2.35. The van der Waals surface area contributed by atoms with Gasteiger partial charge in [-0.25, -0.2) is 4.79 Å². The first-order valence-electron chi connectivity index (χ1n) is 7.56. The van der Waals surface area contributed by atoms with Crippen molar-refractivity contribution in [2.24, 2.45) is 0 Å². The maximum atomic E-state index is 11.6. The number of urea groups is 1. The lowest BCUT2D eigenvalue weighted by molar-refractivity contribution is -0.128. The van der Waals surface area contributed by atoms with Crippen LogP contribution in [0.2, 0.25) is 0 Å². The van der Waals surface area contributed by atoms with Gasteiger partial charge >= 0.3 is 6.03 Å². The fourth-order valence-electron chi connectivity index (χ4n) is 2.34. The minimum absolute atomic E-state index is 0.136. The molecule has 0 spiro atoms. The van der Waals surface area contributed by atoms with E-state index < -0.39 is 0 Å². The van der Waals surface area contributed by atoms with Gasteiger partial charge in [0.15, 0.2) is 0 Å². The third-order valence-electron chi connectivity index (χ3n) is 3.56. The molecule has 2 rings (SSSR count). The summed E-state index contributed by atoms with van der Waals surface area (Å²) in [5.41, 5.74) is 2.18. The van der Waals surface area contributed by atoms with Crippen LogP contribution in [-0.2, 0) is 17.9 Å². The lowest BCUT2D eigenvalue weighted by Gasteiger charge is -2.15. The topological polar surface area (TPSA) is 61.4 Å². The van der Waals surface area contributed by atoms with Crippen molar-refractivity contribution >= 4 is 11.9 Å². The van der Waals surface area contributed by atoms with Crippen LogP contribution in [0.15, 0.2) is 24.3 Å². The first kappa shape index (κ1) is 15.4. The zero-order valence-electron chi connectivity index (χ0n) is 12.5. The number of hydrogen-bond donors (Lipinski definition) is 2. The summed E-state index contributed by atoms with van der Waals surface area (Å²) in [6.07, 6.45) is 2.57. The predicted molar refractivity (Wildman–Crippen MR) is 81.6 cm³/mol. The second kappa shape index (κ2) is 7.67. The van der Waals surface area contributed by atoms with E-state index in [-0.39, 0.29) is 11.9 Å². The quantitative estimate of drug-likeness (QED) is 0.841. The molecule has 2 N–H and O–H groups in total. The van der Waals surface area contributed by atoms with E-state index in [9.17, 15) is 9.59 Å². The second-order valence-corrected chi connectivity index (χ2v) is 5.34. The Hall–Kier alpha value is -2.04. The first-order chi connectivity index (χ1) is 10.2. The Balaban J connectivity index is 1.79. The molecule has 1 aromatic rings. The molecule has 3 amide bonds. The van der Waals surface area contributed by atoms with Gasteiger partial charge in [0.25, 0.3) is 0 Å². The summed E-state index contributed by atoms with van der Waals surface area (Å²) in [7, 11) is 0. The number of amides is 3. The average Bonchev–Trinajstić information content (AvgIpc) is 2.89. The Labute approximate surface area is 125 Å². The molecule has 114 valence electrons. The van der Waals surface area contributed by atoms with Crippen LogP contribution < -0.4 is 10.6 Å². The third-order valence-corrected chi connectivity index (χ3v) is 3.56. The monoisotopic (exact) mass is 289 g/mol. The van der Waals surface area contributed by atoms with E-state index in [1.54, 1.807) is 0 Å². The Morgan fingerprint density at radius 1 is 1.19 bits per heavy atom. The highest BCUT2D eigenvalue weighted by molar-refractivity contribution is 5.78. The van der Waals surface area contributed by atoms with Crippen LogP contribution in [0, 0.1) is 0 Å². The van der Waals surface area contributed by atoms with E-state index in [0.29, 0.717) is 26.1 Å². The lowest BCUT2D eigenvalue weighted by atomic mass is 10.1. The highest BCUT2D eigenvalue weighted by atomic mass is 16.2. The number of nitrogens with zero attached hydrogens (tertiary/aromatic N) is 1. The number of rotatable bonds is 6. The van der Waals surface area contributed by atoms with Crippen LogP contribution >= 0.6 is 0 Å². The minimum atomic E-state index is -0.136. The van der Waals surface area contributed by atoms with Crippen molar-refractivity contribution in [3.63, 3.8) is 0 Å². The van der Waals surface area contributed by atoms with Crippen molar-refractivity contribution in [3.05, 3.63) is 35.4 Å². The molecule has 5 heteroatoms. The number of benzene rings is 1. The summed E-state index contributed by atoms with van der Waals surface area (Å²) in [5.74, 6) is 0.244. The van der Waals surface area contributed by atoms with Gasteiger partial charge in [0, 0.05) is 32.6 Å². The largest absolute Gasteiger partial charge is 0.338 e. The van der Waals surface area contributed by atoms with Crippen molar-refractivity contribution in [2.45, 2.75) is 39.3 Å². The van der Waals surface area contributed by atoms with E-state index in [1.165, 1.54) is 0 Å². The molecule has 1 heterocycles. The van der Waals surface area contributed by atoms with Crippen LogP contribution in [-0.4, -0.2) is 29.9 Å². The van der Waals surface area contributed by atoms with Crippen LogP contribution in [0.25, 0.3) is 0 Å². The van der Waals surface area contributed by atoms with Gasteiger partial charge < -0.3 is 15.5 Å². The molecular formula is C16H23N3O2. The zero-order chi connectivity index (χ0) is 15.1. The van der Waals surface area contributed by atoms with Gasteiger partial charge in [-0.2, -0.15) is 0 Å². The maximum absolute atomic E-state index is 11.6. The second-order valence-electron chi connectivity index (χ2n) is 5.34. The Morgan fingerprint density at radius 2 is 1.90 bits per heavy atom. The van der Waals surface area contributed by atoms with Gasteiger partial charge in [-0.15, -0.1) is 0 Å². The fraction of sp³-hybridized carbons (Fsp3) is 0.500. The molecule has 0 aliphatic carbocycles. The molecule has 0 atom stereocenters. The van der Waals surface area contributed by atoms with E-state index in [1.807, 2.05) is 36.1 Å². The van der Waals surface area contributed by atoms with Crippen LogP contribution in [0.1, 0.15) is 37.3 Å². The number of carbonyl (C=O) groups excluding carboxylic acids is 2. The molecule has 0 bridgehead atoms. The van der Waals surface area contributed by atoms with Crippen molar-refractivity contribution in [1.82, 2.24) is 15.5 Å². The van der Waals surface area contributed by atoms with E-state index >= 15 is 0 Å². The molecule has 0 radical (unpaired) electrons. The third kappa shape index (κ3) is 4.77. The molecule has 1 saturated heterocycles. The van der Waals surface area contributed by atoms with Gasteiger partial charge in [0.2, 0.25) is 5.91 Å². The average molecular weight is 289 g/mol. The normalized spacial score (nSPS) is 14.3. The van der Waals surface area contributed by atoms with E-state index in [0.717, 1.165) is 30.5 Å². The standard InChI is InChI=1S/C16H23N3O2/c1-2-9-17-16(21)18-11-13-5-7-14(8-6-13)12-19-10-3-4-15(19)20/h5-8H,2-4,9-12H2,1H3,(H2,17,18,21). The SMILES string of the molecule is CCCNC(=O)NCc1ccc(CN2CCCC2=O)cc1. The summed E-state index contributed by atoms with van der Waals surface area (Å²) < 4.78 is 0. The first-order valence-corrected chi connectivity index (χ1v) is 7.56. The van der Waals surface area contributed by atoms with Crippen molar-refractivity contribution in [2.75, 3.05) is 13.1 Å². The van der Waals surface area contributed by atoms with Gasteiger partial charge in [-0.1, -0.05) is 31.2 Å². The van der Waals surface area contributed by atoms with E-state index in [2.05, 4.69) is 10.6 Å². The summed E-state index contributed by atoms with van der Waals surface area (Å²) in [6, 6.07) is 7.90. The molecule has 21 heavy (non-hydrogen) atoms. The van der Waals surface area contributed by atoms with Crippen molar-refractivity contribution < 1.29 is 9.59 Å². The molecule has 0 unspecified atom stereocenters. The highest BCUT2D eigenvalue weighted by Crippen LogP contribution is 2.14. The summed E-state index contributed by atoms with van der Waals surface area (Å²) in [4.78, 5) is 24.9. The number of nitrogens with one attached hydrogen (secondary N) is 2. The van der Waals surface area contributed by atoms with Gasteiger partial charge in [0.1, 0.15) is 0 Å². The number of carbonyl (C=O) groups is 2. The maximum Gasteiger partial charge on any atom is 0.315 e. The highest BCUT2D eigenvalue weighted by Gasteiger charge is 2.19. The molecule has 1 aliphatic heterocycles. The Bertz CT molecular complexity index is 485. The van der Waals surface area contributed by atoms with Crippen molar-refractivity contribution in [3.8, 4) is 0 Å². The van der Waals surface area contributed by atoms with E-state index in [4.69, 9.17) is 0 Å². The molecule has 0 aromatic heterocycles. The van der Waals surface area contributed by atoms with Crippen LogP contribution in [0.5, 0.6) is 0 Å². The molecular weight excluding hydrogens is 266 g/mol. The Morgan fingerprint density at radius 3 is 2.52 bits per heavy atom. The summed E-state index contributed by atoms with van der Waals surface area (Å²) in [5, 5.41) is 5.59. The number of hydrogen-bond acceptors (Lipinski definition) is 2. The Kier molecular flexibility index (Phi) is 5.60. The van der Waals surface area contributed by atoms with Gasteiger partial charge in [-0.05, 0) is 24.0 Å². The fourth-order valence-corrected chi connectivity index (χ4v) is 2.34. The molecule has 0 saturated carbocycles. The summed E-state index contributed by atoms with van der Waals surface area (Å²) in [6.45, 7) is 4.76. The number of likely N-dealkylation sites (tertiary alicyclic amines) is 1. The zero-order valence-corrected chi connectivity index (χ0v) is 12.5. The van der Waals surface area contributed by atoms with Gasteiger partial charge in [0.05, 0.1) is 0 Å².